The number of thiol groups is 1. The van der Waals surface area contributed by atoms with Crippen LogP contribution < -0.4 is 5.56 Å². The molecule has 0 aromatic carbocycles. The number of nitrogens with one attached hydrogen (secondary N) is 1. The van der Waals surface area contributed by atoms with Crippen molar-refractivity contribution in [2.24, 2.45) is 0 Å². The molecule has 1 fully saturated rings. The first-order chi connectivity index (χ1) is 10.3. The smallest absolute Gasteiger partial charge is 0.349 e. The molecule has 3 rings (SSSR count). The van der Waals surface area contributed by atoms with E-state index in [1.165, 1.54) is 17.2 Å². The number of nitrogens with zero attached hydrogens (tertiary/aromatic N) is 3. The van der Waals surface area contributed by atoms with Crippen LogP contribution in [-0.4, -0.2) is 43.3 Å². The van der Waals surface area contributed by atoms with Crippen molar-refractivity contribution >= 4 is 30.2 Å². The van der Waals surface area contributed by atoms with Crippen molar-refractivity contribution in [1.82, 2.24) is 19.5 Å². The van der Waals surface area contributed by atoms with Gasteiger partial charge in [-0.25, -0.2) is 18.9 Å². The van der Waals surface area contributed by atoms with Gasteiger partial charge in [0.15, 0.2) is 17.4 Å². The van der Waals surface area contributed by atoms with Crippen molar-refractivity contribution in [3.05, 3.63) is 23.0 Å². The van der Waals surface area contributed by atoms with Gasteiger partial charge in [0.25, 0.3) is 5.56 Å². The number of halogens is 1. The van der Waals surface area contributed by atoms with Crippen LogP contribution in [0.5, 0.6) is 0 Å². The fourth-order valence-electron chi connectivity index (χ4n) is 2.28. The summed E-state index contributed by atoms with van der Waals surface area (Å²) in [5, 5.41) is 0. The highest BCUT2D eigenvalue weighted by Crippen LogP contribution is 2.47. The highest BCUT2D eigenvalue weighted by molar-refractivity contribution is 8.44. The Bertz CT molecular complexity index is 791. The van der Waals surface area contributed by atoms with Gasteiger partial charge in [0.05, 0.1) is 25.4 Å². The molecule has 120 valence electrons. The van der Waals surface area contributed by atoms with E-state index in [2.05, 4.69) is 31.7 Å². The Morgan fingerprint density at radius 1 is 1.64 bits per heavy atom. The lowest BCUT2D eigenvalue weighted by Gasteiger charge is -2.16. The van der Waals surface area contributed by atoms with E-state index >= 15 is 0 Å². The molecule has 1 unspecified atom stereocenters. The summed E-state index contributed by atoms with van der Waals surface area (Å²) >= 11 is 3.37. The highest BCUT2D eigenvalue weighted by atomic mass is 32.7. The van der Waals surface area contributed by atoms with Crippen LogP contribution >= 0.6 is 19.0 Å². The predicted octanol–water partition coefficient (Wildman–Crippen LogP) is 0.792. The summed E-state index contributed by atoms with van der Waals surface area (Å²) in [5.41, 5.74) is -0.165. The van der Waals surface area contributed by atoms with Crippen LogP contribution in [0.4, 0.5) is 4.39 Å². The van der Waals surface area contributed by atoms with E-state index in [9.17, 15) is 13.8 Å². The van der Waals surface area contributed by atoms with E-state index < -0.39 is 30.9 Å². The maximum absolute atomic E-state index is 14.2. The van der Waals surface area contributed by atoms with Gasteiger partial charge in [-0.3, -0.25) is 13.9 Å². The number of aromatic amines is 1. The van der Waals surface area contributed by atoms with Crippen LogP contribution in [0.25, 0.3) is 11.2 Å². The molecule has 22 heavy (non-hydrogen) atoms. The number of hydrogen-bond donors (Lipinski definition) is 3. The van der Waals surface area contributed by atoms with Crippen LogP contribution in [0.1, 0.15) is 12.6 Å². The molecule has 0 amide bonds. The van der Waals surface area contributed by atoms with Crippen molar-refractivity contribution in [3.8, 4) is 0 Å². The van der Waals surface area contributed by atoms with Crippen molar-refractivity contribution in [3.63, 3.8) is 0 Å². The van der Waals surface area contributed by atoms with Gasteiger partial charge < -0.3 is 14.6 Å². The molecule has 2 aromatic rings. The van der Waals surface area contributed by atoms with Crippen LogP contribution in [0.3, 0.4) is 0 Å². The third-order valence-electron chi connectivity index (χ3n) is 3.20. The minimum absolute atomic E-state index is 0.0265. The number of ether oxygens (including phenoxy) is 1. The van der Waals surface area contributed by atoms with E-state index in [0.717, 1.165) is 0 Å². The number of H-pyrrole nitrogens is 1. The SMILES string of the molecule is O=c1[nH]cnc2c1ncn2[C@@H]1O[C@H](COP(=O)(O)S)C[C@H]1F. The van der Waals surface area contributed by atoms with Gasteiger partial charge in [-0.15, -0.1) is 0 Å². The maximum Gasteiger partial charge on any atom is 0.383 e. The molecule has 1 aliphatic rings. The molecule has 0 bridgehead atoms. The lowest BCUT2D eigenvalue weighted by atomic mass is 10.2. The van der Waals surface area contributed by atoms with Crippen molar-refractivity contribution in [2.45, 2.75) is 24.9 Å². The fraction of sp³-hybridized carbons (Fsp3) is 0.500. The van der Waals surface area contributed by atoms with Crippen molar-refractivity contribution in [1.29, 1.82) is 0 Å². The molecule has 2 aromatic heterocycles. The first-order valence-corrected chi connectivity index (χ1v) is 8.98. The summed E-state index contributed by atoms with van der Waals surface area (Å²) in [5.74, 6) is 0. The molecule has 0 radical (unpaired) electrons. The van der Waals surface area contributed by atoms with Gasteiger partial charge in [0, 0.05) is 6.42 Å². The van der Waals surface area contributed by atoms with Gasteiger partial charge >= 0.3 is 6.80 Å². The molecule has 9 nitrogen and oxygen atoms in total. The fourth-order valence-corrected chi connectivity index (χ4v) is 2.84. The van der Waals surface area contributed by atoms with Crippen LogP contribution in [0.2, 0.25) is 0 Å². The number of aromatic nitrogens is 4. The number of hydrogen-bond acceptors (Lipinski definition) is 6. The minimum atomic E-state index is -3.95. The number of alkyl halides is 1. The zero-order chi connectivity index (χ0) is 15.9. The zero-order valence-electron chi connectivity index (χ0n) is 11.0. The van der Waals surface area contributed by atoms with Crippen LogP contribution in [-0.2, 0) is 13.8 Å². The summed E-state index contributed by atoms with van der Waals surface area (Å²) in [6, 6.07) is 0. The van der Waals surface area contributed by atoms with Crippen LogP contribution in [0, 0.1) is 0 Å². The second-order valence-corrected chi connectivity index (χ2v) is 7.50. The minimum Gasteiger partial charge on any atom is -0.349 e. The van der Waals surface area contributed by atoms with E-state index in [4.69, 9.17) is 9.63 Å². The Kier molecular flexibility index (Phi) is 4.08. The number of rotatable bonds is 4. The monoisotopic (exact) mass is 350 g/mol. The summed E-state index contributed by atoms with van der Waals surface area (Å²) < 4.78 is 36.5. The predicted molar refractivity (Wildman–Crippen MR) is 76.3 cm³/mol. The standard InChI is InChI=1S/C10H12FN4O5PS/c11-6-1-5(2-19-21(17,18)22)20-10(6)15-4-14-7-8(15)12-3-13-9(7)16/h3-6,10H,1-2H2,(H,12,13,16)(H2,17,18,22)/t5-,6+,10+/m0/s1. The molecular formula is C10H12FN4O5PS. The Hall–Kier alpha value is -1.26. The lowest BCUT2D eigenvalue weighted by molar-refractivity contribution is -0.0318. The molecule has 4 atom stereocenters. The molecule has 0 saturated carbocycles. The Morgan fingerprint density at radius 3 is 3.14 bits per heavy atom. The average molecular weight is 350 g/mol. The van der Waals surface area contributed by atoms with E-state index in [0.29, 0.717) is 0 Å². The third kappa shape index (κ3) is 3.08. The first kappa shape index (κ1) is 15.6. The van der Waals surface area contributed by atoms with Crippen molar-refractivity contribution in [2.75, 3.05) is 6.61 Å². The molecule has 12 heteroatoms. The van der Waals surface area contributed by atoms with E-state index in [1.807, 2.05) is 0 Å². The zero-order valence-corrected chi connectivity index (χ0v) is 12.8. The Morgan fingerprint density at radius 2 is 2.41 bits per heavy atom. The third-order valence-corrected chi connectivity index (χ3v) is 4.03. The number of fused-ring (bicyclic) bond motifs is 1. The van der Waals surface area contributed by atoms with Crippen molar-refractivity contribution < 1.29 is 23.1 Å². The molecule has 3 heterocycles. The second kappa shape index (κ2) is 5.74. The van der Waals surface area contributed by atoms with Gasteiger partial charge in [-0.2, -0.15) is 0 Å². The quantitative estimate of drug-likeness (QED) is 0.551. The Balaban J connectivity index is 1.81. The maximum atomic E-state index is 14.2. The molecular weight excluding hydrogens is 338 g/mol. The number of imidazole rings is 1. The highest BCUT2D eigenvalue weighted by Gasteiger charge is 2.38. The second-order valence-electron chi connectivity index (χ2n) is 4.74. The lowest BCUT2D eigenvalue weighted by Crippen LogP contribution is -2.18. The van der Waals surface area contributed by atoms with Gasteiger partial charge in [-0.05, 0) is 0 Å². The Labute approximate surface area is 128 Å². The summed E-state index contributed by atoms with van der Waals surface area (Å²) in [6.45, 7) is -4.22. The summed E-state index contributed by atoms with van der Waals surface area (Å²) in [6.07, 6.45) is -0.721. The van der Waals surface area contributed by atoms with E-state index in [1.54, 1.807) is 0 Å². The van der Waals surface area contributed by atoms with Gasteiger partial charge in [0.1, 0.15) is 6.17 Å². The summed E-state index contributed by atoms with van der Waals surface area (Å²) in [4.78, 5) is 30.7. The molecule has 0 aliphatic carbocycles. The van der Waals surface area contributed by atoms with Crippen LogP contribution in [0.15, 0.2) is 17.4 Å². The molecule has 2 N–H and O–H groups in total. The normalized spacial score (nSPS) is 28.0. The largest absolute Gasteiger partial charge is 0.383 e. The van der Waals surface area contributed by atoms with Gasteiger partial charge in [0.2, 0.25) is 0 Å². The van der Waals surface area contributed by atoms with Gasteiger partial charge in [-0.1, -0.05) is 12.2 Å². The average Bonchev–Trinajstić information content (AvgIpc) is 3.00. The summed E-state index contributed by atoms with van der Waals surface area (Å²) in [7, 11) is 0. The first-order valence-electron chi connectivity index (χ1n) is 6.25. The molecule has 0 spiro atoms. The molecule has 1 aliphatic heterocycles. The topological polar surface area (TPSA) is 119 Å². The molecule has 1 saturated heterocycles. The van der Waals surface area contributed by atoms with E-state index in [-0.39, 0.29) is 24.2 Å².